The molecule has 0 amide bonds. The van der Waals surface area contributed by atoms with Crippen molar-refractivity contribution in [2.75, 3.05) is 6.61 Å². The average molecular weight is 366 g/mol. The minimum absolute atomic E-state index is 0.134. The zero-order chi connectivity index (χ0) is 18.5. The third-order valence-electron chi connectivity index (χ3n) is 3.55. The first-order valence-electron chi connectivity index (χ1n) is 7.71. The van der Waals surface area contributed by atoms with Crippen LogP contribution >= 0.6 is 11.3 Å². The second kappa shape index (κ2) is 7.72. The molecule has 3 aromatic rings. The number of carbonyl (C=O) groups excluding carboxylic acids is 2. The molecule has 2 aromatic heterocycles. The summed E-state index contributed by atoms with van der Waals surface area (Å²) in [6, 6.07) is 12.8. The number of nitriles is 1. The summed E-state index contributed by atoms with van der Waals surface area (Å²) < 4.78 is 5.02. The van der Waals surface area contributed by atoms with Gasteiger partial charge in [0, 0.05) is 16.6 Å². The van der Waals surface area contributed by atoms with Gasteiger partial charge >= 0.3 is 5.97 Å². The van der Waals surface area contributed by atoms with E-state index in [1.165, 1.54) is 11.3 Å². The Morgan fingerprint density at radius 1 is 1.35 bits per heavy atom. The van der Waals surface area contributed by atoms with Crippen molar-refractivity contribution in [1.29, 1.82) is 5.26 Å². The number of Topliss-reactive ketones (excluding diaryl/α,β-unsaturated/α-hetero) is 1. The molecule has 0 spiro atoms. The third-order valence-corrected chi connectivity index (χ3v) is 4.58. The topological polar surface area (TPSA) is 109 Å². The van der Waals surface area contributed by atoms with Gasteiger partial charge in [0.25, 0.3) is 0 Å². The van der Waals surface area contributed by atoms with Crippen molar-refractivity contribution in [2.45, 2.75) is 12.8 Å². The number of benzene rings is 1. The fourth-order valence-electron chi connectivity index (χ4n) is 2.25. The molecule has 2 heterocycles. The van der Waals surface area contributed by atoms with Gasteiger partial charge in [0.05, 0.1) is 11.8 Å². The van der Waals surface area contributed by atoms with E-state index in [2.05, 4.69) is 15.2 Å². The van der Waals surface area contributed by atoms with E-state index in [1.807, 2.05) is 36.4 Å². The van der Waals surface area contributed by atoms with Gasteiger partial charge in [0.2, 0.25) is 0 Å². The Labute approximate surface area is 153 Å². The van der Waals surface area contributed by atoms with E-state index in [0.717, 1.165) is 11.3 Å². The van der Waals surface area contributed by atoms with Crippen LogP contribution in [0.2, 0.25) is 0 Å². The molecule has 0 fully saturated rings. The molecule has 0 aliphatic rings. The summed E-state index contributed by atoms with van der Waals surface area (Å²) >= 11 is 1.23. The number of rotatable bonds is 6. The second-order valence-corrected chi connectivity index (χ2v) is 6.35. The largest absolute Gasteiger partial charge is 0.453 e. The van der Waals surface area contributed by atoms with Crippen LogP contribution in [0, 0.1) is 18.3 Å². The normalized spacial score (nSPS) is 11.5. The zero-order valence-electron chi connectivity index (χ0n) is 13.8. The summed E-state index contributed by atoms with van der Waals surface area (Å²) in [4.78, 5) is 28.4. The fourth-order valence-corrected chi connectivity index (χ4v) is 3.11. The van der Waals surface area contributed by atoms with E-state index in [0.29, 0.717) is 10.7 Å². The molecule has 0 aliphatic heterocycles. The summed E-state index contributed by atoms with van der Waals surface area (Å²) in [5, 5.41) is 18.0. The molecule has 130 valence electrons. The predicted octanol–water partition coefficient (Wildman–Crippen LogP) is 2.87. The Bertz CT molecular complexity index is 972. The summed E-state index contributed by atoms with van der Waals surface area (Å²) in [5.74, 6) is -2.26. The zero-order valence-corrected chi connectivity index (χ0v) is 14.6. The summed E-state index contributed by atoms with van der Waals surface area (Å²) in [6.07, 6.45) is 0. The van der Waals surface area contributed by atoms with Crippen LogP contribution in [0.5, 0.6) is 0 Å². The van der Waals surface area contributed by atoms with Crippen molar-refractivity contribution < 1.29 is 14.3 Å². The van der Waals surface area contributed by atoms with Crippen LogP contribution in [-0.2, 0) is 9.53 Å². The molecule has 1 aromatic carbocycles. The molecule has 3 rings (SSSR count). The number of thiazole rings is 1. The minimum Gasteiger partial charge on any atom is -0.453 e. The number of aryl methyl sites for hydroxylation is 1. The van der Waals surface area contributed by atoms with Gasteiger partial charge in [-0.15, -0.1) is 11.3 Å². The van der Waals surface area contributed by atoms with Crippen LogP contribution in [0.25, 0.3) is 11.3 Å². The highest BCUT2D eigenvalue weighted by molar-refractivity contribution is 7.09. The maximum atomic E-state index is 12.2. The highest BCUT2D eigenvalue weighted by atomic mass is 32.1. The first kappa shape index (κ1) is 17.5. The SMILES string of the molecule is Cc1csc([C@@H](C#N)C(=O)COC(=O)c2cc(-c3ccccc3)n[nH]2)n1. The van der Waals surface area contributed by atoms with Crippen molar-refractivity contribution >= 4 is 23.1 Å². The number of hydrogen-bond acceptors (Lipinski definition) is 7. The van der Waals surface area contributed by atoms with Crippen LogP contribution in [0.4, 0.5) is 0 Å². The minimum atomic E-state index is -1.04. The van der Waals surface area contributed by atoms with E-state index < -0.39 is 24.3 Å². The Morgan fingerprint density at radius 3 is 2.77 bits per heavy atom. The van der Waals surface area contributed by atoms with Gasteiger partial charge in [-0.2, -0.15) is 10.4 Å². The third kappa shape index (κ3) is 3.84. The lowest BCUT2D eigenvalue weighted by atomic mass is 10.1. The quantitative estimate of drug-likeness (QED) is 0.672. The Morgan fingerprint density at radius 2 is 2.12 bits per heavy atom. The van der Waals surface area contributed by atoms with Crippen LogP contribution in [-0.4, -0.2) is 33.5 Å². The highest BCUT2D eigenvalue weighted by Crippen LogP contribution is 2.21. The Kier molecular flexibility index (Phi) is 5.20. The van der Waals surface area contributed by atoms with Crippen LogP contribution in [0.3, 0.4) is 0 Å². The van der Waals surface area contributed by atoms with E-state index in [4.69, 9.17) is 4.74 Å². The van der Waals surface area contributed by atoms with Crippen LogP contribution in [0.1, 0.15) is 27.1 Å². The molecule has 7 nitrogen and oxygen atoms in total. The molecule has 0 bridgehead atoms. The number of aromatic nitrogens is 3. The van der Waals surface area contributed by atoms with E-state index in [-0.39, 0.29) is 5.69 Å². The fraction of sp³-hybridized carbons (Fsp3) is 0.167. The molecule has 8 heteroatoms. The molecule has 0 unspecified atom stereocenters. The standard InChI is InChI=1S/C18H14N4O3S/c1-11-10-26-17(20-11)13(8-19)16(23)9-25-18(24)15-7-14(21-22-15)12-5-3-2-4-6-12/h2-7,10,13H,9H2,1H3,(H,21,22)/t13-/m0/s1. The lowest BCUT2D eigenvalue weighted by Gasteiger charge is -2.05. The second-order valence-electron chi connectivity index (χ2n) is 5.46. The number of esters is 1. The smallest absolute Gasteiger partial charge is 0.356 e. The molecule has 1 atom stereocenters. The van der Waals surface area contributed by atoms with E-state index in [1.54, 1.807) is 18.4 Å². The summed E-state index contributed by atoms with van der Waals surface area (Å²) in [6.45, 7) is 1.27. The molecular formula is C18H14N4O3S. The van der Waals surface area contributed by atoms with Crippen molar-refractivity contribution in [1.82, 2.24) is 15.2 Å². The summed E-state index contributed by atoms with van der Waals surface area (Å²) in [5.41, 5.74) is 2.32. The Balaban J connectivity index is 1.63. The monoisotopic (exact) mass is 366 g/mol. The average Bonchev–Trinajstić information content (AvgIpc) is 3.31. The van der Waals surface area contributed by atoms with Gasteiger partial charge in [-0.3, -0.25) is 9.89 Å². The van der Waals surface area contributed by atoms with Gasteiger partial charge in [-0.25, -0.2) is 9.78 Å². The highest BCUT2D eigenvalue weighted by Gasteiger charge is 2.25. The molecule has 0 saturated heterocycles. The van der Waals surface area contributed by atoms with E-state index in [9.17, 15) is 14.9 Å². The number of nitrogens with one attached hydrogen (secondary N) is 1. The predicted molar refractivity (Wildman–Crippen MR) is 94.5 cm³/mol. The van der Waals surface area contributed by atoms with Crippen molar-refractivity contribution in [3.63, 3.8) is 0 Å². The maximum absolute atomic E-state index is 12.2. The van der Waals surface area contributed by atoms with Crippen LogP contribution < -0.4 is 0 Å². The number of hydrogen-bond donors (Lipinski definition) is 1. The molecule has 26 heavy (non-hydrogen) atoms. The van der Waals surface area contributed by atoms with Gasteiger partial charge in [0.15, 0.2) is 18.3 Å². The number of H-pyrrole nitrogens is 1. The van der Waals surface area contributed by atoms with Gasteiger partial charge in [-0.1, -0.05) is 30.3 Å². The number of ether oxygens (including phenoxy) is 1. The lowest BCUT2D eigenvalue weighted by molar-refractivity contribution is -0.122. The first-order valence-corrected chi connectivity index (χ1v) is 8.58. The number of nitrogens with zero attached hydrogens (tertiary/aromatic N) is 3. The summed E-state index contributed by atoms with van der Waals surface area (Å²) in [7, 11) is 0. The van der Waals surface area contributed by atoms with Crippen LogP contribution in [0.15, 0.2) is 41.8 Å². The lowest BCUT2D eigenvalue weighted by Crippen LogP contribution is -2.20. The molecule has 0 aliphatic carbocycles. The van der Waals surface area contributed by atoms with Gasteiger partial charge < -0.3 is 4.74 Å². The van der Waals surface area contributed by atoms with Crippen molar-refractivity contribution in [2.24, 2.45) is 0 Å². The van der Waals surface area contributed by atoms with Gasteiger partial charge in [0.1, 0.15) is 10.7 Å². The number of aromatic amines is 1. The number of carbonyl (C=O) groups is 2. The van der Waals surface area contributed by atoms with Crippen molar-refractivity contribution in [3.8, 4) is 17.3 Å². The first-order chi connectivity index (χ1) is 12.6. The molecular weight excluding hydrogens is 352 g/mol. The molecule has 0 radical (unpaired) electrons. The molecule has 0 saturated carbocycles. The molecule has 1 N–H and O–H groups in total. The van der Waals surface area contributed by atoms with Gasteiger partial charge in [-0.05, 0) is 13.0 Å². The number of ketones is 1. The van der Waals surface area contributed by atoms with E-state index >= 15 is 0 Å². The maximum Gasteiger partial charge on any atom is 0.356 e. The Hall–Kier alpha value is -3.31. The van der Waals surface area contributed by atoms with Crippen molar-refractivity contribution in [3.05, 3.63) is 58.2 Å².